The predicted molar refractivity (Wildman–Crippen MR) is 79.8 cm³/mol. The highest BCUT2D eigenvalue weighted by Gasteiger charge is 2.20. The summed E-state index contributed by atoms with van der Waals surface area (Å²) in [4.78, 5) is 5.67. The average Bonchev–Trinajstić information content (AvgIpc) is 3.29. The summed E-state index contributed by atoms with van der Waals surface area (Å²) in [5.41, 5.74) is 0.331. The summed E-state index contributed by atoms with van der Waals surface area (Å²) in [5.74, 6) is -4.18. The van der Waals surface area contributed by atoms with Crippen LogP contribution in [0.25, 0.3) is 23.0 Å². The summed E-state index contributed by atoms with van der Waals surface area (Å²) < 4.78 is 44.8. The molecule has 0 atom stereocenters. The van der Waals surface area contributed by atoms with E-state index in [1.807, 2.05) is 0 Å². The third-order valence-electron chi connectivity index (χ3n) is 4.03. The number of benzene rings is 1. The quantitative estimate of drug-likeness (QED) is 0.730. The number of hydrogen-bond acceptors (Lipinski definition) is 6. The van der Waals surface area contributed by atoms with Crippen molar-refractivity contribution in [1.29, 1.82) is 0 Å². The summed E-state index contributed by atoms with van der Waals surface area (Å²) in [6.07, 6.45) is 3.32. The van der Waals surface area contributed by atoms with Crippen molar-refractivity contribution in [3.05, 3.63) is 35.8 Å². The Labute approximate surface area is 139 Å². The normalized spacial score (nSPS) is 15.6. The van der Waals surface area contributed by atoms with Crippen molar-refractivity contribution in [2.24, 2.45) is 0 Å². The van der Waals surface area contributed by atoms with Gasteiger partial charge >= 0.3 is 0 Å². The minimum Gasteiger partial charge on any atom is -0.332 e. The Balaban J connectivity index is 1.60. The van der Waals surface area contributed by atoms with E-state index in [-0.39, 0.29) is 23.3 Å². The zero-order chi connectivity index (χ0) is 17.4. The van der Waals surface area contributed by atoms with Crippen LogP contribution in [-0.2, 0) is 0 Å². The van der Waals surface area contributed by atoms with E-state index < -0.39 is 17.5 Å². The molecule has 3 aromatic rings. The first-order chi connectivity index (χ1) is 12.1. The minimum atomic E-state index is -1.54. The van der Waals surface area contributed by atoms with Crippen LogP contribution in [0.3, 0.4) is 0 Å². The van der Waals surface area contributed by atoms with E-state index in [9.17, 15) is 13.2 Å². The highest BCUT2D eigenvalue weighted by atomic mass is 19.2. The molecule has 0 bridgehead atoms. The fourth-order valence-electron chi connectivity index (χ4n) is 2.72. The summed E-state index contributed by atoms with van der Waals surface area (Å²) >= 11 is 0. The van der Waals surface area contributed by atoms with Gasteiger partial charge in [0.15, 0.2) is 23.1 Å². The smallest absolute Gasteiger partial charge is 0.280 e. The number of rotatable bonds is 3. The molecule has 0 unspecified atom stereocenters. The molecule has 7 nitrogen and oxygen atoms in total. The van der Waals surface area contributed by atoms with Crippen LogP contribution in [0, 0.1) is 17.5 Å². The van der Waals surface area contributed by atoms with Crippen LogP contribution in [0.4, 0.5) is 13.2 Å². The maximum absolute atomic E-state index is 13.3. The largest absolute Gasteiger partial charge is 0.332 e. The van der Waals surface area contributed by atoms with Crippen molar-refractivity contribution in [2.45, 2.75) is 18.9 Å². The van der Waals surface area contributed by atoms with Gasteiger partial charge < -0.3 is 9.84 Å². The third kappa shape index (κ3) is 3.00. The van der Waals surface area contributed by atoms with Gasteiger partial charge in [-0.15, -0.1) is 5.10 Å². The van der Waals surface area contributed by atoms with Crippen LogP contribution in [-0.4, -0.2) is 38.2 Å². The molecule has 3 heterocycles. The topological polar surface area (TPSA) is 81.7 Å². The van der Waals surface area contributed by atoms with Gasteiger partial charge in [0.2, 0.25) is 5.82 Å². The summed E-state index contributed by atoms with van der Waals surface area (Å²) in [6, 6.07) is 1.80. The number of piperidine rings is 1. The van der Waals surface area contributed by atoms with E-state index in [2.05, 4.69) is 25.7 Å². The lowest BCUT2D eigenvalue weighted by Crippen LogP contribution is -2.30. The summed E-state index contributed by atoms with van der Waals surface area (Å²) in [6.45, 7) is 1.79. The van der Waals surface area contributed by atoms with Crippen LogP contribution < -0.4 is 5.32 Å². The zero-order valence-electron chi connectivity index (χ0n) is 12.9. The Morgan fingerprint density at radius 1 is 1.12 bits per heavy atom. The molecule has 1 N–H and O–H groups in total. The van der Waals surface area contributed by atoms with Crippen molar-refractivity contribution in [1.82, 2.24) is 30.5 Å². The van der Waals surface area contributed by atoms with Crippen LogP contribution >= 0.6 is 0 Å². The Morgan fingerprint density at radius 2 is 1.84 bits per heavy atom. The Morgan fingerprint density at radius 3 is 2.56 bits per heavy atom. The van der Waals surface area contributed by atoms with Crippen molar-refractivity contribution >= 4 is 0 Å². The number of nitrogens with zero attached hydrogens (tertiary/aromatic N) is 5. The molecular formula is C15H13F3N6O. The first-order valence-electron chi connectivity index (χ1n) is 7.73. The molecule has 2 aromatic heterocycles. The molecule has 10 heteroatoms. The van der Waals surface area contributed by atoms with Crippen LogP contribution in [0.2, 0.25) is 0 Å². The second-order valence-corrected chi connectivity index (χ2v) is 5.71. The van der Waals surface area contributed by atoms with Gasteiger partial charge in [-0.25, -0.2) is 13.2 Å². The Kier molecular flexibility index (Phi) is 3.96. The zero-order valence-corrected chi connectivity index (χ0v) is 12.9. The second-order valence-electron chi connectivity index (χ2n) is 5.71. The lowest BCUT2D eigenvalue weighted by molar-refractivity contribution is 0.313. The van der Waals surface area contributed by atoms with Crippen molar-refractivity contribution in [3.63, 3.8) is 0 Å². The molecule has 0 aliphatic carbocycles. The highest BCUT2D eigenvalue weighted by Crippen LogP contribution is 2.24. The van der Waals surface area contributed by atoms with Crippen molar-refractivity contribution in [3.8, 4) is 23.0 Å². The van der Waals surface area contributed by atoms with E-state index >= 15 is 0 Å². The van der Waals surface area contributed by atoms with E-state index in [0.29, 0.717) is 5.69 Å². The standard InChI is InChI=1S/C15H13F3N6O/c16-10-5-8(6-11(17)13(10)18)14-21-15(25-23-14)12-7-20-24(22-12)9-1-3-19-4-2-9/h5-7,9,19H,1-4H2. The molecule has 0 amide bonds. The number of nitrogens with one attached hydrogen (secondary N) is 1. The van der Waals surface area contributed by atoms with Gasteiger partial charge in [0.1, 0.15) is 0 Å². The van der Waals surface area contributed by atoms with Gasteiger partial charge in [-0.1, -0.05) is 5.16 Å². The number of hydrogen-bond donors (Lipinski definition) is 1. The Hall–Kier alpha value is -2.75. The molecule has 1 fully saturated rings. The summed E-state index contributed by atoms with van der Waals surface area (Å²) in [5, 5.41) is 15.5. The van der Waals surface area contributed by atoms with E-state index in [0.717, 1.165) is 38.1 Å². The SMILES string of the molecule is Fc1cc(-c2noc(-c3cnn(C4CCNCC4)n3)n2)cc(F)c1F. The maximum atomic E-state index is 13.3. The van der Waals surface area contributed by atoms with Crippen molar-refractivity contribution in [2.75, 3.05) is 13.1 Å². The molecule has 0 spiro atoms. The number of halogens is 3. The van der Waals surface area contributed by atoms with Gasteiger partial charge in [0.05, 0.1) is 12.2 Å². The van der Waals surface area contributed by atoms with Gasteiger partial charge in [0.25, 0.3) is 5.89 Å². The van der Waals surface area contributed by atoms with E-state index in [1.54, 1.807) is 4.80 Å². The predicted octanol–water partition coefficient (Wildman–Crippen LogP) is 2.34. The molecule has 0 saturated carbocycles. The minimum absolute atomic E-state index is 0.0304. The lowest BCUT2D eigenvalue weighted by Gasteiger charge is -2.21. The fraction of sp³-hybridized carbons (Fsp3) is 0.333. The summed E-state index contributed by atoms with van der Waals surface area (Å²) in [7, 11) is 0. The van der Waals surface area contributed by atoms with Gasteiger partial charge in [0, 0.05) is 5.56 Å². The first kappa shape index (κ1) is 15.8. The number of aromatic nitrogens is 5. The highest BCUT2D eigenvalue weighted by molar-refractivity contribution is 5.57. The van der Waals surface area contributed by atoms with Gasteiger partial charge in [-0.2, -0.15) is 14.9 Å². The molecule has 4 rings (SSSR count). The van der Waals surface area contributed by atoms with Crippen molar-refractivity contribution < 1.29 is 17.7 Å². The second kappa shape index (κ2) is 6.28. The first-order valence-corrected chi connectivity index (χ1v) is 7.73. The maximum Gasteiger partial charge on any atom is 0.280 e. The Bertz CT molecular complexity index is 879. The van der Waals surface area contributed by atoms with Gasteiger partial charge in [-0.3, -0.25) is 0 Å². The van der Waals surface area contributed by atoms with E-state index in [1.165, 1.54) is 6.20 Å². The fourth-order valence-corrected chi connectivity index (χ4v) is 2.72. The van der Waals surface area contributed by atoms with E-state index in [4.69, 9.17) is 4.52 Å². The van der Waals surface area contributed by atoms with Gasteiger partial charge in [-0.05, 0) is 38.1 Å². The van der Waals surface area contributed by atoms with Crippen LogP contribution in [0.5, 0.6) is 0 Å². The lowest BCUT2D eigenvalue weighted by atomic mass is 10.1. The third-order valence-corrected chi connectivity index (χ3v) is 4.03. The average molecular weight is 350 g/mol. The molecule has 1 aliphatic rings. The molecule has 25 heavy (non-hydrogen) atoms. The molecule has 130 valence electrons. The van der Waals surface area contributed by atoms with Crippen LogP contribution in [0.1, 0.15) is 18.9 Å². The van der Waals surface area contributed by atoms with Crippen LogP contribution in [0.15, 0.2) is 22.9 Å². The molecular weight excluding hydrogens is 337 g/mol. The molecule has 0 radical (unpaired) electrons. The molecule has 1 aromatic carbocycles. The molecule has 1 saturated heterocycles. The molecule has 1 aliphatic heterocycles. The monoisotopic (exact) mass is 350 g/mol.